The molecule has 0 unspecified atom stereocenters. The number of hydrogen-bond donors (Lipinski definition) is 0. The van der Waals surface area contributed by atoms with Crippen molar-refractivity contribution < 1.29 is 4.79 Å². The summed E-state index contributed by atoms with van der Waals surface area (Å²) in [4.78, 5) is 24.2. The minimum Gasteiger partial charge on any atom is -0.307 e. The number of rotatable bonds is 3. The van der Waals surface area contributed by atoms with Crippen molar-refractivity contribution in [3.8, 4) is 0 Å². The van der Waals surface area contributed by atoms with Gasteiger partial charge in [0.05, 0.1) is 12.9 Å². The SMILES string of the molecule is O=C(Cn1cnc2c(Cl)ncnc21)c1ccc(Cl)cc1. The summed E-state index contributed by atoms with van der Waals surface area (Å²) in [6, 6.07) is 6.73. The van der Waals surface area contributed by atoms with Gasteiger partial charge in [-0.25, -0.2) is 15.0 Å². The number of halogens is 2. The third-order valence-corrected chi connectivity index (χ3v) is 3.37. The molecule has 5 nitrogen and oxygen atoms in total. The summed E-state index contributed by atoms with van der Waals surface area (Å²) < 4.78 is 1.64. The van der Waals surface area contributed by atoms with Gasteiger partial charge in [0.15, 0.2) is 16.6 Å². The second-order valence-electron chi connectivity index (χ2n) is 4.14. The number of imidazole rings is 1. The second-order valence-corrected chi connectivity index (χ2v) is 4.93. The molecule has 0 saturated heterocycles. The van der Waals surface area contributed by atoms with Gasteiger partial charge >= 0.3 is 0 Å². The van der Waals surface area contributed by atoms with E-state index in [9.17, 15) is 4.79 Å². The van der Waals surface area contributed by atoms with Crippen LogP contribution in [-0.4, -0.2) is 25.3 Å². The van der Waals surface area contributed by atoms with E-state index in [0.717, 1.165) is 0 Å². The molecule has 3 aromatic rings. The lowest BCUT2D eigenvalue weighted by atomic mass is 10.1. The zero-order chi connectivity index (χ0) is 14.1. The molecule has 100 valence electrons. The number of hydrogen-bond acceptors (Lipinski definition) is 4. The van der Waals surface area contributed by atoms with Crippen LogP contribution in [0.1, 0.15) is 10.4 Å². The molecule has 0 aliphatic rings. The molecule has 0 saturated carbocycles. The molecule has 0 aliphatic carbocycles. The summed E-state index contributed by atoms with van der Waals surface area (Å²) in [5.41, 5.74) is 1.60. The Balaban J connectivity index is 1.91. The maximum Gasteiger partial charge on any atom is 0.182 e. The molecular weight excluding hydrogens is 299 g/mol. The van der Waals surface area contributed by atoms with Gasteiger partial charge in [-0.05, 0) is 24.3 Å². The fourth-order valence-electron chi connectivity index (χ4n) is 1.85. The Bertz CT molecular complexity index is 783. The Labute approximate surface area is 124 Å². The molecule has 2 heterocycles. The third-order valence-electron chi connectivity index (χ3n) is 2.84. The van der Waals surface area contributed by atoms with Gasteiger partial charge in [0.2, 0.25) is 0 Å². The molecule has 0 spiro atoms. The Morgan fingerprint density at radius 3 is 2.60 bits per heavy atom. The smallest absolute Gasteiger partial charge is 0.182 e. The average Bonchev–Trinajstić information content (AvgIpc) is 2.84. The van der Waals surface area contributed by atoms with Crippen LogP contribution in [0.3, 0.4) is 0 Å². The van der Waals surface area contributed by atoms with Gasteiger partial charge < -0.3 is 4.57 Å². The summed E-state index contributed by atoms with van der Waals surface area (Å²) in [5.74, 6) is -0.0595. The Hall–Kier alpha value is -1.98. The highest BCUT2D eigenvalue weighted by Gasteiger charge is 2.12. The molecule has 3 rings (SSSR count). The van der Waals surface area contributed by atoms with Crippen LogP contribution < -0.4 is 0 Å². The van der Waals surface area contributed by atoms with Gasteiger partial charge in [-0.15, -0.1) is 0 Å². The van der Waals surface area contributed by atoms with Gasteiger partial charge in [-0.3, -0.25) is 4.79 Å². The van der Waals surface area contributed by atoms with Crippen LogP contribution in [0.5, 0.6) is 0 Å². The van der Waals surface area contributed by atoms with E-state index in [1.165, 1.54) is 12.7 Å². The lowest BCUT2D eigenvalue weighted by Crippen LogP contribution is -2.10. The molecule has 0 amide bonds. The normalized spacial score (nSPS) is 10.9. The molecule has 2 aromatic heterocycles. The van der Waals surface area contributed by atoms with E-state index in [0.29, 0.717) is 21.7 Å². The molecule has 0 fully saturated rings. The van der Waals surface area contributed by atoms with E-state index < -0.39 is 0 Å². The molecule has 0 radical (unpaired) electrons. The summed E-state index contributed by atoms with van der Waals surface area (Å²) in [6.45, 7) is 0.130. The molecule has 1 aromatic carbocycles. The number of carbonyl (C=O) groups is 1. The standard InChI is InChI=1S/C13H8Cl2N4O/c14-9-3-1-8(2-4-9)10(20)5-19-7-18-11-12(15)16-6-17-13(11)19/h1-4,6-7H,5H2. The molecule has 0 atom stereocenters. The highest BCUT2D eigenvalue weighted by Crippen LogP contribution is 2.18. The number of fused-ring (bicyclic) bond motifs is 1. The quantitative estimate of drug-likeness (QED) is 0.551. The Morgan fingerprint density at radius 2 is 1.85 bits per heavy atom. The topological polar surface area (TPSA) is 60.7 Å². The zero-order valence-electron chi connectivity index (χ0n) is 10.1. The van der Waals surface area contributed by atoms with E-state index in [1.807, 2.05) is 0 Å². The van der Waals surface area contributed by atoms with Gasteiger partial charge in [0.25, 0.3) is 0 Å². The monoisotopic (exact) mass is 306 g/mol. The third kappa shape index (κ3) is 2.37. The first-order valence-electron chi connectivity index (χ1n) is 5.75. The maximum atomic E-state index is 12.2. The van der Waals surface area contributed by atoms with Crippen molar-refractivity contribution in [3.63, 3.8) is 0 Å². The van der Waals surface area contributed by atoms with Crippen molar-refractivity contribution in [2.24, 2.45) is 0 Å². The largest absolute Gasteiger partial charge is 0.307 e. The van der Waals surface area contributed by atoms with Crippen LogP contribution in [0.4, 0.5) is 0 Å². The van der Waals surface area contributed by atoms with E-state index in [1.54, 1.807) is 28.8 Å². The van der Waals surface area contributed by atoms with E-state index in [-0.39, 0.29) is 17.5 Å². The number of Topliss-reactive ketones (excluding diaryl/α,β-unsaturated/α-hetero) is 1. The van der Waals surface area contributed by atoms with Crippen LogP contribution in [0, 0.1) is 0 Å². The fourth-order valence-corrected chi connectivity index (χ4v) is 2.15. The second kappa shape index (κ2) is 5.19. The van der Waals surface area contributed by atoms with E-state index in [4.69, 9.17) is 23.2 Å². The fraction of sp³-hybridized carbons (Fsp3) is 0.0769. The molecule has 20 heavy (non-hydrogen) atoms. The lowest BCUT2D eigenvalue weighted by Gasteiger charge is -2.03. The first-order valence-corrected chi connectivity index (χ1v) is 6.51. The number of nitrogens with zero attached hydrogens (tertiary/aromatic N) is 4. The number of carbonyl (C=O) groups excluding carboxylic acids is 1. The van der Waals surface area contributed by atoms with Crippen LogP contribution in [0.2, 0.25) is 10.2 Å². The number of aromatic nitrogens is 4. The zero-order valence-corrected chi connectivity index (χ0v) is 11.6. The van der Waals surface area contributed by atoms with Crippen molar-refractivity contribution in [2.75, 3.05) is 0 Å². The molecule has 0 aliphatic heterocycles. The molecule has 0 N–H and O–H groups in total. The molecule has 7 heteroatoms. The highest BCUT2D eigenvalue weighted by molar-refractivity contribution is 6.33. The Kier molecular flexibility index (Phi) is 3.38. The van der Waals surface area contributed by atoms with Crippen LogP contribution >= 0.6 is 23.2 Å². The number of ketones is 1. The van der Waals surface area contributed by atoms with Crippen molar-refractivity contribution in [1.29, 1.82) is 0 Å². The molecular formula is C13H8Cl2N4O. The van der Waals surface area contributed by atoms with E-state index >= 15 is 0 Å². The number of benzene rings is 1. The lowest BCUT2D eigenvalue weighted by molar-refractivity contribution is 0.0973. The van der Waals surface area contributed by atoms with Gasteiger partial charge in [-0.1, -0.05) is 23.2 Å². The van der Waals surface area contributed by atoms with Crippen LogP contribution in [0.25, 0.3) is 11.2 Å². The van der Waals surface area contributed by atoms with Gasteiger partial charge in [-0.2, -0.15) is 0 Å². The highest BCUT2D eigenvalue weighted by atomic mass is 35.5. The maximum absolute atomic E-state index is 12.2. The summed E-state index contributed by atoms with van der Waals surface area (Å²) in [7, 11) is 0. The summed E-state index contributed by atoms with van der Waals surface area (Å²) >= 11 is 11.7. The van der Waals surface area contributed by atoms with Crippen molar-refractivity contribution >= 4 is 40.1 Å². The van der Waals surface area contributed by atoms with Crippen LogP contribution in [0.15, 0.2) is 36.9 Å². The first kappa shape index (κ1) is 13.0. The summed E-state index contributed by atoms with van der Waals surface area (Å²) in [6.07, 6.45) is 2.87. The minimum atomic E-state index is -0.0595. The van der Waals surface area contributed by atoms with Crippen LogP contribution in [-0.2, 0) is 6.54 Å². The predicted molar refractivity (Wildman–Crippen MR) is 76.1 cm³/mol. The van der Waals surface area contributed by atoms with Crippen molar-refractivity contribution in [3.05, 3.63) is 52.7 Å². The predicted octanol–water partition coefficient (Wildman–Crippen LogP) is 3.02. The minimum absolute atomic E-state index is 0.0595. The van der Waals surface area contributed by atoms with E-state index in [2.05, 4.69) is 15.0 Å². The van der Waals surface area contributed by atoms with Gasteiger partial charge in [0.1, 0.15) is 11.8 Å². The Morgan fingerprint density at radius 1 is 1.10 bits per heavy atom. The first-order chi connectivity index (χ1) is 9.65. The molecule has 0 bridgehead atoms. The van der Waals surface area contributed by atoms with Gasteiger partial charge in [0, 0.05) is 10.6 Å². The summed E-state index contributed by atoms with van der Waals surface area (Å²) in [5, 5.41) is 0.863. The average molecular weight is 307 g/mol. The van der Waals surface area contributed by atoms with Crippen molar-refractivity contribution in [2.45, 2.75) is 6.54 Å². The van der Waals surface area contributed by atoms with Crippen molar-refractivity contribution in [1.82, 2.24) is 19.5 Å².